The molecule has 1 rings (SSSR count). The van der Waals surface area contributed by atoms with Gasteiger partial charge in [0.15, 0.2) is 11.5 Å². The maximum absolute atomic E-state index is 11.4. The van der Waals surface area contributed by atoms with Crippen LogP contribution in [0.25, 0.3) is 0 Å². The molecule has 0 saturated carbocycles. The molecular formula is C13H19ClN2O3. The number of ether oxygens (including phenoxy) is 2. The molecular weight excluding hydrogens is 268 g/mol. The Balaban J connectivity index is 2.75. The minimum atomic E-state index is -0.00586. The van der Waals surface area contributed by atoms with Gasteiger partial charge in [-0.25, -0.2) is 0 Å². The van der Waals surface area contributed by atoms with E-state index in [-0.39, 0.29) is 18.9 Å². The highest BCUT2D eigenvalue weighted by Gasteiger charge is 2.12. The van der Waals surface area contributed by atoms with Crippen molar-refractivity contribution in [2.24, 2.45) is 5.73 Å². The second-order valence-electron chi connectivity index (χ2n) is 4.20. The van der Waals surface area contributed by atoms with Crippen molar-refractivity contribution >= 4 is 17.5 Å². The minimum absolute atomic E-state index is 0.00586. The lowest BCUT2D eigenvalue weighted by Crippen LogP contribution is -2.23. The van der Waals surface area contributed by atoms with Crippen LogP contribution in [-0.2, 0) is 11.3 Å². The third kappa shape index (κ3) is 4.29. The van der Waals surface area contributed by atoms with E-state index in [1.165, 1.54) is 12.0 Å². The van der Waals surface area contributed by atoms with Gasteiger partial charge in [-0.1, -0.05) is 11.6 Å². The highest BCUT2D eigenvalue weighted by atomic mass is 35.5. The van der Waals surface area contributed by atoms with Crippen LogP contribution in [0.15, 0.2) is 12.1 Å². The molecule has 0 fully saturated rings. The van der Waals surface area contributed by atoms with Gasteiger partial charge in [0.1, 0.15) is 0 Å². The molecule has 6 heteroatoms. The molecule has 1 amide bonds. The van der Waals surface area contributed by atoms with Crippen molar-refractivity contribution in [3.8, 4) is 11.5 Å². The van der Waals surface area contributed by atoms with Crippen LogP contribution in [0.2, 0.25) is 5.02 Å². The molecule has 5 nitrogen and oxygen atoms in total. The summed E-state index contributed by atoms with van der Waals surface area (Å²) in [7, 11) is 4.93. The van der Waals surface area contributed by atoms with Crippen LogP contribution in [0.4, 0.5) is 0 Å². The number of carbonyl (C=O) groups is 1. The lowest BCUT2D eigenvalue weighted by atomic mass is 10.2. The second kappa shape index (κ2) is 7.21. The van der Waals surface area contributed by atoms with Crippen LogP contribution in [0.1, 0.15) is 12.0 Å². The van der Waals surface area contributed by atoms with E-state index in [1.807, 2.05) is 0 Å². The van der Waals surface area contributed by atoms with Crippen LogP contribution in [0.5, 0.6) is 11.5 Å². The van der Waals surface area contributed by atoms with E-state index >= 15 is 0 Å². The standard InChI is InChI=1S/C13H19ClN2O3/c1-16(2)12(17)4-5-19-13-10(14)6-9(8-15)7-11(13)18-3/h6-7H,4-5,8,15H2,1-3H3. The highest BCUT2D eigenvalue weighted by Crippen LogP contribution is 2.36. The maximum atomic E-state index is 11.4. The zero-order valence-electron chi connectivity index (χ0n) is 11.4. The van der Waals surface area contributed by atoms with Crippen molar-refractivity contribution in [3.05, 3.63) is 22.7 Å². The molecule has 1 aromatic carbocycles. The Morgan fingerprint density at radius 3 is 2.63 bits per heavy atom. The van der Waals surface area contributed by atoms with Gasteiger partial charge in [0.25, 0.3) is 0 Å². The third-order valence-electron chi connectivity index (χ3n) is 2.59. The first-order chi connectivity index (χ1) is 8.99. The van der Waals surface area contributed by atoms with Gasteiger partial charge in [-0.2, -0.15) is 0 Å². The van der Waals surface area contributed by atoms with Crippen LogP contribution in [0.3, 0.4) is 0 Å². The topological polar surface area (TPSA) is 64.8 Å². The Morgan fingerprint density at radius 2 is 2.11 bits per heavy atom. The molecule has 106 valence electrons. The number of nitrogens with two attached hydrogens (primary N) is 1. The first-order valence-electron chi connectivity index (χ1n) is 5.89. The number of carbonyl (C=O) groups excluding carboxylic acids is 1. The summed E-state index contributed by atoms with van der Waals surface area (Å²) >= 11 is 6.11. The number of methoxy groups -OCH3 is 1. The van der Waals surface area contributed by atoms with E-state index in [2.05, 4.69) is 0 Å². The Morgan fingerprint density at radius 1 is 1.42 bits per heavy atom. The van der Waals surface area contributed by atoms with Crippen molar-refractivity contribution in [2.45, 2.75) is 13.0 Å². The quantitative estimate of drug-likeness (QED) is 0.864. The highest BCUT2D eigenvalue weighted by molar-refractivity contribution is 6.32. The summed E-state index contributed by atoms with van der Waals surface area (Å²) in [5.41, 5.74) is 6.42. The summed E-state index contributed by atoms with van der Waals surface area (Å²) < 4.78 is 10.7. The van der Waals surface area contributed by atoms with Gasteiger partial charge in [-0.05, 0) is 17.7 Å². The number of halogens is 1. The van der Waals surface area contributed by atoms with Gasteiger partial charge in [-0.15, -0.1) is 0 Å². The van der Waals surface area contributed by atoms with E-state index in [4.69, 9.17) is 26.8 Å². The number of rotatable bonds is 6. The SMILES string of the molecule is COc1cc(CN)cc(Cl)c1OCCC(=O)N(C)C. The van der Waals surface area contributed by atoms with Crippen molar-refractivity contribution in [1.82, 2.24) is 4.90 Å². The van der Waals surface area contributed by atoms with E-state index in [0.29, 0.717) is 23.1 Å². The zero-order valence-corrected chi connectivity index (χ0v) is 12.2. The van der Waals surface area contributed by atoms with E-state index < -0.39 is 0 Å². The number of amides is 1. The smallest absolute Gasteiger partial charge is 0.225 e. The second-order valence-corrected chi connectivity index (χ2v) is 4.61. The largest absolute Gasteiger partial charge is 0.493 e. The number of hydrogen-bond donors (Lipinski definition) is 1. The number of benzene rings is 1. The van der Waals surface area contributed by atoms with Crippen molar-refractivity contribution in [2.75, 3.05) is 27.8 Å². The summed E-state index contributed by atoms with van der Waals surface area (Å²) in [6.07, 6.45) is 0.283. The lowest BCUT2D eigenvalue weighted by molar-refractivity contribution is -0.129. The van der Waals surface area contributed by atoms with Gasteiger partial charge in [0.05, 0.1) is 25.2 Å². The Kier molecular flexibility index (Phi) is 5.92. The van der Waals surface area contributed by atoms with Gasteiger partial charge >= 0.3 is 0 Å². The molecule has 0 spiro atoms. The van der Waals surface area contributed by atoms with E-state index in [0.717, 1.165) is 5.56 Å². The van der Waals surface area contributed by atoms with Crippen LogP contribution in [-0.4, -0.2) is 38.6 Å². The maximum Gasteiger partial charge on any atom is 0.225 e. The monoisotopic (exact) mass is 286 g/mol. The number of nitrogens with zero attached hydrogens (tertiary/aromatic N) is 1. The number of hydrogen-bond acceptors (Lipinski definition) is 4. The normalized spacial score (nSPS) is 10.2. The Hall–Kier alpha value is -1.46. The molecule has 0 aliphatic rings. The average molecular weight is 287 g/mol. The van der Waals surface area contributed by atoms with Crippen LogP contribution < -0.4 is 15.2 Å². The Labute approximate surface area is 118 Å². The summed E-state index contributed by atoms with van der Waals surface area (Å²) in [4.78, 5) is 13.0. The fourth-order valence-corrected chi connectivity index (χ4v) is 1.78. The predicted molar refractivity (Wildman–Crippen MR) is 74.7 cm³/mol. The lowest BCUT2D eigenvalue weighted by Gasteiger charge is -2.15. The molecule has 0 bridgehead atoms. The summed E-state index contributed by atoms with van der Waals surface area (Å²) in [6.45, 7) is 0.616. The van der Waals surface area contributed by atoms with Crippen LogP contribution in [0, 0.1) is 0 Å². The van der Waals surface area contributed by atoms with E-state index in [9.17, 15) is 4.79 Å². The van der Waals surface area contributed by atoms with Crippen molar-refractivity contribution < 1.29 is 14.3 Å². The molecule has 0 heterocycles. The molecule has 0 aliphatic carbocycles. The molecule has 19 heavy (non-hydrogen) atoms. The third-order valence-corrected chi connectivity index (χ3v) is 2.87. The predicted octanol–water partition coefficient (Wildman–Crippen LogP) is 1.66. The van der Waals surface area contributed by atoms with Crippen molar-refractivity contribution in [3.63, 3.8) is 0 Å². The molecule has 0 atom stereocenters. The summed E-state index contributed by atoms with van der Waals surface area (Å²) in [6, 6.07) is 3.50. The van der Waals surface area contributed by atoms with Gasteiger partial charge in [0, 0.05) is 20.6 Å². The molecule has 0 aromatic heterocycles. The summed E-state index contributed by atoms with van der Waals surface area (Å²) in [5, 5.41) is 0.428. The molecule has 1 aromatic rings. The summed E-state index contributed by atoms with van der Waals surface area (Å²) in [5.74, 6) is 0.951. The fourth-order valence-electron chi connectivity index (χ4n) is 1.50. The van der Waals surface area contributed by atoms with Crippen molar-refractivity contribution in [1.29, 1.82) is 0 Å². The van der Waals surface area contributed by atoms with Gasteiger partial charge in [0.2, 0.25) is 5.91 Å². The zero-order chi connectivity index (χ0) is 14.4. The Bertz CT molecular complexity index is 450. The average Bonchev–Trinajstić information content (AvgIpc) is 2.39. The first-order valence-corrected chi connectivity index (χ1v) is 6.26. The minimum Gasteiger partial charge on any atom is -0.493 e. The van der Waals surface area contributed by atoms with Gasteiger partial charge < -0.3 is 20.1 Å². The van der Waals surface area contributed by atoms with Gasteiger partial charge in [-0.3, -0.25) is 4.79 Å². The first kappa shape index (κ1) is 15.6. The van der Waals surface area contributed by atoms with E-state index in [1.54, 1.807) is 26.2 Å². The van der Waals surface area contributed by atoms with Crippen LogP contribution >= 0.6 is 11.6 Å². The molecule has 0 aliphatic heterocycles. The molecule has 0 unspecified atom stereocenters. The fraction of sp³-hybridized carbons (Fsp3) is 0.462. The molecule has 2 N–H and O–H groups in total. The molecule has 0 saturated heterocycles. The molecule has 0 radical (unpaired) electrons.